The Kier molecular flexibility index (Phi) is 4.39. The van der Waals surface area contributed by atoms with Gasteiger partial charge in [0.2, 0.25) is 5.91 Å². The van der Waals surface area contributed by atoms with Crippen molar-refractivity contribution in [3.63, 3.8) is 0 Å². The molecule has 0 spiro atoms. The van der Waals surface area contributed by atoms with Gasteiger partial charge in [-0.2, -0.15) is 0 Å². The summed E-state index contributed by atoms with van der Waals surface area (Å²) in [5, 5.41) is 0. The fourth-order valence-corrected chi connectivity index (χ4v) is 2.47. The summed E-state index contributed by atoms with van der Waals surface area (Å²) < 4.78 is 0. The average Bonchev–Trinajstić information content (AvgIpc) is 2.90. The summed E-state index contributed by atoms with van der Waals surface area (Å²) in [5.74, 6) is 2.50. The molecule has 1 N–H and O–H groups in total. The van der Waals surface area contributed by atoms with Gasteiger partial charge in [0.25, 0.3) is 0 Å². The topological polar surface area (TPSA) is 49.0 Å². The van der Waals surface area contributed by atoms with Crippen LogP contribution in [-0.4, -0.2) is 33.9 Å². The first-order valence-corrected chi connectivity index (χ1v) is 6.94. The number of nitrogens with zero attached hydrogens (tertiary/aromatic N) is 2. The highest BCUT2D eigenvalue weighted by Gasteiger charge is 2.24. The zero-order chi connectivity index (χ0) is 13.0. The molecule has 2 rings (SSSR count). The summed E-state index contributed by atoms with van der Waals surface area (Å²) in [5.41, 5.74) is 0. The number of aromatic nitrogens is 2. The Hall–Kier alpha value is -1.32. The Morgan fingerprint density at radius 2 is 2.22 bits per heavy atom. The van der Waals surface area contributed by atoms with E-state index in [1.54, 1.807) is 6.20 Å². The molecule has 18 heavy (non-hydrogen) atoms. The number of nitrogens with one attached hydrogen (secondary N) is 1. The van der Waals surface area contributed by atoms with Gasteiger partial charge in [-0.05, 0) is 25.2 Å². The maximum absolute atomic E-state index is 12.0. The molecule has 0 saturated carbocycles. The van der Waals surface area contributed by atoms with Crippen molar-refractivity contribution in [2.75, 3.05) is 13.1 Å². The van der Waals surface area contributed by atoms with Gasteiger partial charge in [-0.1, -0.05) is 13.8 Å². The van der Waals surface area contributed by atoms with Crippen LogP contribution in [0.3, 0.4) is 0 Å². The van der Waals surface area contributed by atoms with Gasteiger partial charge in [0.15, 0.2) is 0 Å². The minimum atomic E-state index is 0.321. The largest absolute Gasteiger partial charge is 0.348 e. The Labute approximate surface area is 109 Å². The highest BCUT2D eigenvalue weighted by molar-refractivity contribution is 5.76. The van der Waals surface area contributed by atoms with Crippen LogP contribution < -0.4 is 0 Å². The average molecular weight is 249 g/mol. The molecule has 2 heterocycles. The SMILES string of the molecule is CC(C)CCC(=O)N1CCC(c2ncc[nH]2)CC1. The molecule has 1 amide bonds. The van der Waals surface area contributed by atoms with Gasteiger partial charge >= 0.3 is 0 Å². The van der Waals surface area contributed by atoms with Crippen LogP contribution in [0.4, 0.5) is 0 Å². The van der Waals surface area contributed by atoms with Crippen molar-refractivity contribution in [1.82, 2.24) is 14.9 Å². The number of hydrogen-bond acceptors (Lipinski definition) is 2. The number of rotatable bonds is 4. The molecule has 1 aliphatic rings. The van der Waals surface area contributed by atoms with E-state index in [0.717, 1.165) is 38.2 Å². The van der Waals surface area contributed by atoms with E-state index in [-0.39, 0.29) is 0 Å². The van der Waals surface area contributed by atoms with E-state index in [4.69, 9.17) is 0 Å². The molecule has 0 aliphatic carbocycles. The van der Waals surface area contributed by atoms with E-state index in [1.807, 2.05) is 11.1 Å². The lowest BCUT2D eigenvalue weighted by molar-refractivity contribution is -0.132. The van der Waals surface area contributed by atoms with Crippen molar-refractivity contribution in [2.24, 2.45) is 5.92 Å². The molecule has 100 valence electrons. The molecular formula is C14H23N3O. The van der Waals surface area contributed by atoms with E-state index in [2.05, 4.69) is 23.8 Å². The van der Waals surface area contributed by atoms with Crippen LogP contribution in [0.25, 0.3) is 0 Å². The second-order valence-corrected chi connectivity index (χ2v) is 5.56. The van der Waals surface area contributed by atoms with Crippen molar-refractivity contribution in [3.8, 4) is 0 Å². The quantitative estimate of drug-likeness (QED) is 0.891. The minimum Gasteiger partial charge on any atom is -0.348 e. The van der Waals surface area contributed by atoms with Crippen molar-refractivity contribution in [2.45, 2.75) is 45.4 Å². The molecule has 1 aliphatic heterocycles. The second-order valence-electron chi connectivity index (χ2n) is 5.56. The monoisotopic (exact) mass is 249 g/mol. The zero-order valence-electron chi connectivity index (χ0n) is 11.4. The van der Waals surface area contributed by atoms with Crippen molar-refractivity contribution < 1.29 is 4.79 Å². The Balaban J connectivity index is 1.78. The number of hydrogen-bond donors (Lipinski definition) is 1. The molecule has 4 nitrogen and oxygen atoms in total. The summed E-state index contributed by atoms with van der Waals surface area (Å²) in [4.78, 5) is 21.5. The number of amides is 1. The molecule has 0 aromatic carbocycles. The fraction of sp³-hybridized carbons (Fsp3) is 0.714. The predicted molar refractivity (Wildman–Crippen MR) is 71.2 cm³/mol. The van der Waals surface area contributed by atoms with Crippen molar-refractivity contribution in [1.29, 1.82) is 0 Å². The van der Waals surface area contributed by atoms with Gasteiger partial charge in [-0.15, -0.1) is 0 Å². The minimum absolute atomic E-state index is 0.321. The van der Waals surface area contributed by atoms with Crippen LogP contribution in [-0.2, 0) is 4.79 Å². The lowest BCUT2D eigenvalue weighted by atomic mass is 9.95. The normalized spacial score (nSPS) is 17.4. The van der Waals surface area contributed by atoms with Crippen LogP contribution >= 0.6 is 0 Å². The summed E-state index contributed by atoms with van der Waals surface area (Å²) in [6, 6.07) is 0. The Morgan fingerprint density at radius 1 is 1.50 bits per heavy atom. The van der Waals surface area contributed by atoms with Gasteiger partial charge in [0, 0.05) is 37.8 Å². The first-order valence-electron chi connectivity index (χ1n) is 6.94. The molecule has 1 aromatic rings. The standard InChI is InChI=1S/C14H23N3O/c1-11(2)3-4-13(18)17-9-5-12(6-10-17)14-15-7-8-16-14/h7-8,11-12H,3-6,9-10H2,1-2H3,(H,15,16). The summed E-state index contributed by atoms with van der Waals surface area (Å²) in [6.45, 7) is 6.08. The molecule has 0 radical (unpaired) electrons. The first-order chi connectivity index (χ1) is 8.66. The molecule has 0 unspecified atom stereocenters. The van der Waals surface area contributed by atoms with E-state index in [9.17, 15) is 4.79 Å². The number of piperidine rings is 1. The molecule has 1 aromatic heterocycles. The lowest BCUT2D eigenvalue weighted by Gasteiger charge is -2.31. The molecule has 1 fully saturated rings. The molecule has 0 atom stereocenters. The third-order valence-corrected chi connectivity index (χ3v) is 3.69. The third-order valence-electron chi connectivity index (χ3n) is 3.69. The lowest BCUT2D eigenvalue weighted by Crippen LogP contribution is -2.38. The van der Waals surface area contributed by atoms with Crippen LogP contribution in [0, 0.1) is 5.92 Å². The van der Waals surface area contributed by atoms with Crippen molar-refractivity contribution >= 4 is 5.91 Å². The maximum atomic E-state index is 12.0. The molecule has 0 bridgehead atoms. The van der Waals surface area contributed by atoms with E-state index in [0.29, 0.717) is 24.2 Å². The van der Waals surface area contributed by atoms with Crippen LogP contribution in [0.2, 0.25) is 0 Å². The molecule has 4 heteroatoms. The first kappa shape index (κ1) is 13.1. The number of carbonyl (C=O) groups excluding carboxylic acids is 1. The summed E-state index contributed by atoms with van der Waals surface area (Å²) in [6.07, 6.45) is 7.42. The van der Waals surface area contributed by atoms with Gasteiger partial charge < -0.3 is 9.88 Å². The summed E-state index contributed by atoms with van der Waals surface area (Å²) in [7, 11) is 0. The maximum Gasteiger partial charge on any atom is 0.222 e. The van der Waals surface area contributed by atoms with E-state index < -0.39 is 0 Å². The fourth-order valence-electron chi connectivity index (χ4n) is 2.47. The number of H-pyrrole nitrogens is 1. The smallest absolute Gasteiger partial charge is 0.222 e. The number of carbonyl (C=O) groups is 1. The van der Waals surface area contributed by atoms with Crippen LogP contribution in [0.5, 0.6) is 0 Å². The van der Waals surface area contributed by atoms with Gasteiger partial charge in [0.05, 0.1) is 0 Å². The Bertz CT molecular complexity index is 364. The number of imidazole rings is 1. The van der Waals surface area contributed by atoms with Gasteiger partial charge in [-0.3, -0.25) is 4.79 Å². The number of likely N-dealkylation sites (tertiary alicyclic amines) is 1. The number of aromatic amines is 1. The molecular weight excluding hydrogens is 226 g/mol. The summed E-state index contributed by atoms with van der Waals surface area (Å²) >= 11 is 0. The highest BCUT2D eigenvalue weighted by Crippen LogP contribution is 2.25. The van der Waals surface area contributed by atoms with Gasteiger partial charge in [0.1, 0.15) is 5.82 Å². The third kappa shape index (κ3) is 3.34. The van der Waals surface area contributed by atoms with Crippen LogP contribution in [0.15, 0.2) is 12.4 Å². The second kappa shape index (κ2) is 6.03. The zero-order valence-corrected chi connectivity index (χ0v) is 11.4. The molecule has 1 saturated heterocycles. The van der Waals surface area contributed by atoms with Crippen molar-refractivity contribution in [3.05, 3.63) is 18.2 Å². The highest BCUT2D eigenvalue weighted by atomic mass is 16.2. The van der Waals surface area contributed by atoms with Crippen LogP contribution in [0.1, 0.15) is 51.3 Å². The Morgan fingerprint density at radius 3 is 2.78 bits per heavy atom. The van der Waals surface area contributed by atoms with E-state index >= 15 is 0 Å². The van der Waals surface area contributed by atoms with Gasteiger partial charge in [-0.25, -0.2) is 4.98 Å². The predicted octanol–water partition coefficient (Wildman–Crippen LogP) is 2.55. The van der Waals surface area contributed by atoms with E-state index in [1.165, 1.54) is 0 Å².